The second-order valence-electron chi connectivity index (χ2n) is 9.90. The number of pyridine rings is 1. The van der Waals surface area contributed by atoms with E-state index in [1.165, 1.54) is 12.0 Å². The lowest BCUT2D eigenvalue weighted by atomic mass is 9.60. The van der Waals surface area contributed by atoms with Crippen LogP contribution in [0.3, 0.4) is 0 Å². The Bertz CT molecular complexity index is 1000. The maximum absolute atomic E-state index is 13.3. The van der Waals surface area contributed by atoms with E-state index in [9.17, 15) is 10.1 Å². The molecule has 156 valence electrons. The summed E-state index contributed by atoms with van der Waals surface area (Å²) < 4.78 is 0. The number of hydrogen-bond acceptors (Lipinski definition) is 4. The average molecular weight is 403 g/mol. The Balaban J connectivity index is 1.35. The first-order valence-electron chi connectivity index (χ1n) is 11.3. The number of amides is 1. The summed E-state index contributed by atoms with van der Waals surface area (Å²) >= 11 is 0. The molecule has 5 rings (SSSR count). The number of rotatable bonds is 3. The SMILES string of the molecule is C[C@@H]1C[C@H](c2ccc(C#N)c3ncccc23)CN(C(=O)CC2C3CC2CN(C)C3)C1. The predicted molar refractivity (Wildman–Crippen MR) is 117 cm³/mol. The van der Waals surface area contributed by atoms with Gasteiger partial charge in [-0.3, -0.25) is 9.78 Å². The molecule has 1 aromatic heterocycles. The van der Waals surface area contributed by atoms with Crippen LogP contribution in [-0.2, 0) is 4.79 Å². The van der Waals surface area contributed by atoms with Crippen LogP contribution in [0.2, 0.25) is 0 Å². The number of aromatic nitrogens is 1. The van der Waals surface area contributed by atoms with Crippen LogP contribution in [0.5, 0.6) is 0 Å². The fraction of sp³-hybridized carbons (Fsp3) is 0.560. The Hall–Kier alpha value is -2.45. The topological polar surface area (TPSA) is 60.2 Å². The van der Waals surface area contributed by atoms with Gasteiger partial charge in [-0.05, 0) is 61.3 Å². The number of piperidine rings is 3. The lowest BCUT2D eigenvalue weighted by molar-refractivity contribution is -0.139. The summed E-state index contributed by atoms with van der Waals surface area (Å²) in [5.74, 6) is 3.12. The van der Waals surface area contributed by atoms with E-state index in [1.807, 2.05) is 12.1 Å². The number of fused-ring (bicyclic) bond motifs is 3. The van der Waals surface area contributed by atoms with E-state index in [0.29, 0.717) is 41.1 Å². The predicted octanol–water partition coefficient (Wildman–Crippen LogP) is 3.65. The summed E-state index contributed by atoms with van der Waals surface area (Å²) in [7, 11) is 2.20. The number of carbonyl (C=O) groups is 1. The van der Waals surface area contributed by atoms with Gasteiger partial charge in [-0.2, -0.15) is 5.26 Å². The van der Waals surface area contributed by atoms with Crippen molar-refractivity contribution in [2.24, 2.45) is 23.7 Å². The highest BCUT2D eigenvalue weighted by Crippen LogP contribution is 2.47. The zero-order chi connectivity index (χ0) is 20.8. The number of benzene rings is 1. The van der Waals surface area contributed by atoms with Crippen molar-refractivity contribution in [3.8, 4) is 6.07 Å². The average Bonchev–Trinajstić information content (AvgIpc) is 2.75. The summed E-state index contributed by atoms with van der Waals surface area (Å²) in [6.07, 6.45) is 4.85. The van der Waals surface area contributed by atoms with Crippen LogP contribution in [0.25, 0.3) is 10.9 Å². The molecule has 2 aliphatic heterocycles. The van der Waals surface area contributed by atoms with Gasteiger partial charge in [-0.15, -0.1) is 0 Å². The number of nitrogens with zero attached hydrogens (tertiary/aromatic N) is 4. The molecule has 1 aliphatic carbocycles. The van der Waals surface area contributed by atoms with Gasteiger partial charge in [0.15, 0.2) is 0 Å². The molecule has 1 aromatic carbocycles. The van der Waals surface area contributed by atoms with Gasteiger partial charge >= 0.3 is 0 Å². The molecule has 2 aromatic rings. The molecular weight excluding hydrogens is 372 g/mol. The van der Waals surface area contributed by atoms with Gasteiger partial charge in [-0.25, -0.2) is 0 Å². The Morgan fingerprint density at radius 3 is 2.73 bits per heavy atom. The Morgan fingerprint density at radius 1 is 1.17 bits per heavy atom. The van der Waals surface area contributed by atoms with Gasteiger partial charge in [0, 0.05) is 50.1 Å². The molecule has 4 atom stereocenters. The van der Waals surface area contributed by atoms with Crippen molar-refractivity contribution in [3.05, 3.63) is 41.6 Å². The molecule has 30 heavy (non-hydrogen) atoms. The van der Waals surface area contributed by atoms with Crippen molar-refractivity contribution in [2.45, 2.75) is 32.1 Å². The summed E-state index contributed by atoms with van der Waals surface area (Å²) in [6.45, 7) is 6.20. The van der Waals surface area contributed by atoms with Crippen molar-refractivity contribution in [1.82, 2.24) is 14.8 Å². The minimum atomic E-state index is 0.296. The van der Waals surface area contributed by atoms with E-state index in [-0.39, 0.29) is 0 Å². The van der Waals surface area contributed by atoms with Crippen LogP contribution in [0.1, 0.15) is 43.2 Å². The lowest BCUT2D eigenvalue weighted by Gasteiger charge is -2.53. The van der Waals surface area contributed by atoms with E-state index >= 15 is 0 Å². The third-order valence-corrected chi connectivity index (χ3v) is 7.70. The summed E-state index contributed by atoms with van der Waals surface area (Å²) in [5, 5.41) is 10.5. The van der Waals surface area contributed by atoms with Crippen LogP contribution >= 0.6 is 0 Å². The van der Waals surface area contributed by atoms with Crippen molar-refractivity contribution in [2.75, 3.05) is 33.2 Å². The molecule has 2 saturated heterocycles. The second kappa shape index (κ2) is 7.67. The molecule has 1 saturated carbocycles. The molecule has 0 N–H and O–H groups in total. The van der Waals surface area contributed by atoms with Crippen LogP contribution in [0.4, 0.5) is 0 Å². The zero-order valence-corrected chi connectivity index (χ0v) is 17.9. The first-order chi connectivity index (χ1) is 14.5. The molecule has 3 aliphatic rings. The second-order valence-corrected chi connectivity index (χ2v) is 9.90. The number of nitriles is 1. The van der Waals surface area contributed by atoms with Crippen LogP contribution in [0, 0.1) is 35.0 Å². The number of carbonyl (C=O) groups excluding carboxylic acids is 1. The largest absolute Gasteiger partial charge is 0.342 e. The van der Waals surface area contributed by atoms with Crippen molar-refractivity contribution < 1.29 is 4.79 Å². The van der Waals surface area contributed by atoms with Gasteiger partial charge < -0.3 is 9.80 Å². The van der Waals surface area contributed by atoms with Crippen LogP contribution in [-0.4, -0.2) is 53.9 Å². The minimum absolute atomic E-state index is 0.296. The zero-order valence-electron chi connectivity index (χ0n) is 17.9. The smallest absolute Gasteiger partial charge is 0.222 e. The Labute approximate surface area is 178 Å². The molecule has 3 heterocycles. The molecule has 2 unspecified atom stereocenters. The third-order valence-electron chi connectivity index (χ3n) is 7.70. The highest BCUT2D eigenvalue weighted by molar-refractivity contribution is 5.87. The lowest BCUT2D eigenvalue weighted by Crippen LogP contribution is -2.55. The molecule has 3 fully saturated rings. The monoisotopic (exact) mass is 402 g/mol. The molecule has 5 heteroatoms. The first kappa shape index (κ1) is 19.5. The fourth-order valence-corrected chi connectivity index (χ4v) is 6.31. The molecule has 5 nitrogen and oxygen atoms in total. The minimum Gasteiger partial charge on any atom is -0.342 e. The summed E-state index contributed by atoms with van der Waals surface area (Å²) in [5.41, 5.74) is 2.62. The van der Waals surface area contributed by atoms with Gasteiger partial charge in [0.05, 0.1) is 11.1 Å². The molecule has 0 spiro atoms. The normalized spacial score (nSPS) is 31.2. The van der Waals surface area contributed by atoms with E-state index in [4.69, 9.17) is 0 Å². The molecule has 2 bridgehead atoms. The number of likely N-dealkylation sites (tertiary alicyclic amines) is 2. The fourth-order valence-electron chi connectivity index (χ4n) is 6.31. The highest BCUT2D eigenvalue weighted by Gasteiger charge is 2.46. The van der Waals surface area contributed by atoms with Gasteiger partial charge in [0.1, 0.15) is 6.07 Å². The van der Waals surface area contributed by atoms with Crippen LogP contribution < -0.4 is 0 Å². The van der Waals surface area contributed by atoms with E-state index in [1.54, 1.807) is 6.20 Å². The van der Waals surface area contributed by atoms with Crippen LogP contribution in [0.15, 0.2) is 30.5 Å². The van der Waals surface area contributed by atoms with E-state index in [2.05, 4.69) is 47.0 Å². The quantitative estimate of drug-likeness (QED) is 0.786. The van der Waals surface area contributed by atoms with Crippen molar-refractivity contribution in [1.29, 1.82) is 5.26 Å². The van der Waals surface area contributed by atoms with Crippen molar-refractivity contribution >= 4 is 16.8 Å². The Kier molecular flexibility index (Phi) is 4.99. The van der Waals surface area contributed by atoms with E-state index < -0.39 is 0 Å². The van der Waals surface area contributed by atoms with E-state index in [0.717, 1.165) is 49.9 Å². The van der Waals surface area contributed by atoms with Gasteiger partial charge in [0.25, 0.3) is 0 Å². The first-order valence-corrected chi connectivity index (χ1v) is 11.3. The third kappa shape index (κ3) is 3.37. The number of hydrogen-bond donors (Lipinski definition) is 0. The van der Waals surface area contributed by atoms with Crippen molar-refractivity contribution in [3.63, 3.8) is 0 Å². The summed E-state index contributed by atoms with van der Waals surface area (Å²) in [4.78, 5) is 22.3. The molecule has 0 radical (unpaired) electrons. The maximum atomic E-state index is 13.3. The standard InChI is InChI=1S/C25H30N4O/c1-16-8-18(21-6-5-17(11-26)25-22(21)4-3-7-27-25)15-29(12-16)24(30)10-23-19-9-20(23)14-28(2)13-19/h3-7,16,18-20,23H,8-10,12-15H2,1-2H3/t16-,18+,19?,20?,23?/m1/s1. The molecular formula is C25H30N4O. The summed E-state index contributed by atoms with van der Waals surface area (Å²) in [6, 6.07) is 10.2. The molecule has 1 amide bonds. The van der Waals surface area contributed by atoms with Gasteiger partial charge in [-0.1, -0.05) is 19.1 Å². The maximum Gasteiger partial charge on any atom is 0.222 e. The van der Waals surface area contributed by atoms with Gasteiger partial charge in [0.2, 0.25) is 5.91 Å². The Morgan fingerprint density at radius 2 is 1.97 bits per heavy atom. The highest BCUT2D eigenvalue weighted by atomic mass is 16.2.